The first-order chi connectivity index (χ1) is 5.00. The van der Waals surface area contributed by atoms with E-state index >= 15 is 0 Å². The highest BCUT2D eigenvalue weighted by atomic mass is 16.3. The van der Waals surface area contributed by atoms with Gasteiger partial charge in [0.15, 0.2) is 0 Å². The zero-order valence-electron chi connectivity index (χ0n) is 7.67. The maximum absolute atomic E-state index is 9.21. The van der Waals surface area contributed by atoms with E-state index in [9.17, 15) is 5.11 Å². The molecule has 0 aromatic heterocycles. The van der Waals surface area contributed by atoms with Crippen LogP contribution in [0.15, 0.2) is 12.2 Å². The van der Waals surface area contributed by atoms with Crippen LogP contribution in [0.4, 0.5) is 0 Å². The molecule has 0 saturated carbocycles. The molecular weight excluding hydrogens is 136 g/mol. The van der Waals surface area contributed by atoms with Crippen LogP contribution in [-0.2, 0) is 0 Å². The normalized spacial score (nSPS) is 32.4. The van der Waals surface area contributed by atoms with Crippen molar-refractivity contribution in [3.63, 3.8) is 0 Å². The third kappa shape index (κ3) is 2.33. The first-order valence-corrected chi connectivity index (χ1v) is 4.36. The Bertz CT molecular complexity index is 153. The third-order valence-corrected chi connectivity index (χ3v) is 2.45. The van der Waals surface area contributed by atoms with E-state index in [0.717, 1.165) is 12.8 Å². The monoisotopic (exact) mass is 154 g/mol. The predicted octanol–water partition coefficient (Wildman–Crippen LogP) is 2.36. The lowest BCUT2D eigenvalue weighted by atomic mass is 9.75. The highest BCUT2D eigenvalue weighted by Gasteiger charge is 2.24. The second kappa shape index (κ2) is 2.98. The molecule has 1 heteroatoms. The van der Waals surface area contributed by atoms with Crippen molar-refractivity contribution in [3.8, 4) is 0 Å². The summed E-state index contributed by atoms with van der Waals surface area (Å²) >= 11 is 0. The summed E-state index contributed by atoms with van der Waals surface area (Å²) in [5.41, 5.74) is 0.358. The van der Waals surface area contributed by atoms with Crippen LogP contribution in [0.5, 0.6) is 0 Å². The van der Waals surface area contributed by atoms with E-state index in [1.165, 1.54) is 0 Å². The van der Waals surface area contributed by atoms with Crippen molar-refractivity contribution in [1.29, 1.82) is 0 Å². The molecule has 0 unspecified atom stereocenters. The first kappa shape index (κ1) is 8.79. The van der Waals surface area contributed by atoms with Crippen LogP contribution >= 0.6 is 0 Å². The molecule has 0 aromatic rings. The van der Waals surface area contributed by atoms with E-state index < -0.39 is 0 Å². The van der Waals surface area contributed by atoms with Crippen LogP contribution in [0.25, 0.3) is 0 Å². The predicted molar refractivity (Wildman–Crippen MR) is 47.3 cm³/mol. The summed E-state index contributed by atoms with van der Waals surface area (Å²) in [4.78, 5) is 0. The first-order valence-electron chi connectivity index (χ1n) is 4.36. The largest absolute Gasteiger partial charge is 0.389 e. The summed E-state index contributed by atoms with van der Waals surface area (Å²) < 4.78 is 0. The Labute approximate surface area is 69.1 Å². The Morgan fingerprint density at radius 3 is 2.18 bits per heavy atom. The third-order valence-electron chi connectivity index (χ3n) is 2.45. The lowest BCUT2D eigenvalue weighted by molar-refractivity contribution is 0.168. The summed E-state index contributed by atoms with van der Waals surface area (Å²) in [6, 6.07) is 0. The zero-order chi connectivity index (χ0) is 8.48. The Hall–Kier alpha value is -0.300. The van der Waals surface area contributed by atoms with Crippen molar-refractivity contribution in [3.05, 3.63) is 12.2 Å². The molecule has 0 fully saturated rings. The molecule has 0 aliphatic heterocycles. The van der Waals surface area contributed by atoms with Gasteiger partial charge in [0.05, 0.1) is 6.10 Å². The van der Waals surface area contributed by atoms with Gasteiger partial charge in [-0.1, -0.05) is 32.9 Å². The summed E-state index contributed by atoms with van der Waals surface area (Å²) in [6.07, 6.45) is 5.96. The van der Waals surface area contributed by atoms with E-state index in [4.69, 9.17) is 0 Å². The molecule has 1 nitrogen and oxygen atoms in total. The molecule has 1 N–H and O–H groups in total. The summed E-state index contributed by atoms with van der Waals surface area (Å²) in [5.74, 6) is 0.644. The smallest absolute Gasteiger partial charge is 0.0721 e. The van der Waals surface area contributed by atoms with Gasteiger partial charge in [0.1, 0.15) is 0 Å². The number of allylic oxidation sites excluding steroid dienone is 1. The van der Waals surface area contributed by atoms with Gasteiger partial charge < -0.3 is 5.11 Å². The average Bonchev–Trinajstić information content (AvgIpc) is 1.86. The lowest BCUT2D eigenvalue weighted by Gasteiger charge is -2.31. The number of hydrogen-bond donors (Lipinski definition) is 1. The van der Waals surface area contributed by atoms with Gasteiger partial charge in [-0.15, -0.1) is 0 Å². The molecule has 1 rings (SSSR count). The van der Waals surface area contributed by atoms with Gasteiger partial charge in [0, 0.05) is 0 Å². The number of rotatable bonds is 0. The standard InChI is InChI=1S/C10H18O/c1-10(2,3)8-4-6-9(11)7-5-8/h4,6,8-9,11H,5,7H2,1-3H3/t8-,9-/m0/s1. The molecule has 11 heavy (non-hydrogen) atoms. The second-order valence-electron chi connectivity index (χ2n) is 4.50. The van der Waals surface area contributed by atoms with Crippen molar-refractivity contribution in [2.45, 2.75) is 39.7 Å². The minimum atomic E-state index is -0.186. The Kier molecular flexibility index (Phi) is 2.38. The average molecular weight is 154 g/mol. The Balaban J connectivity index is 2.57. The van der Waals surface area contributed by atoms with Gasteiger partial charge in [0.25, 0.3) is 0 Å². The SMILES string of the molecule is CC(C)(C)[C@H]1C=C[C@H](O)CC1. The van der Waals surface area contributed by atoms with Crippen LogP contribution in [-0.4, -0.2) is 11.2 Å². The van der Waals surface area contributed by atoms with Crippen LogP contribution < -0.4 is 0 Å². The molecule has 2 atom stereocenters. The molecular formula is C10H18O. The molecule has 0 radical (unpaired) electrons. The van der Waals surface area contributed by atoms with Gasteiger partial charge in [-0.2, -0.15) is 0 Å². The van der Waals surface area contributed by atoms with Crippen molar-refractivity contribution in [2.75, 3.05) is 0 Å². The molecule has 0 heterocycles. The maximum Gasteiger partial charge on any atom is 0.0721 e. The molecule has 0 amide bonds. The number of hydrogen-bond acceptors (Lipinski definition) is 1. The van der Waals surface area contributed by atoms with Gasteiger partial charge >= 0.3 is 0 Å². The maximum atomic E-state index is 9.21. The van der Waals surface area contributed by atoms with Crippen LogP contribution in [0.3, 0.4) is 0 Å². The van der Waals surface area contributed by atoms with Crippen LogP contribution in [0, 0.1) is 11.3 Å². The minimum absolute atomic E-state index is 0.186. The molecule has 0 saturated heterocycles. The lowest BCUT2D eigenvalue weighted by Crippen LogP contribution is -2.23. The molecule has 1 aliphatic carbocycles. The molecule has 0 aromatic carbocycles. The quantitative estimate of drug-likeness (QED) is 0.531. The van der Waals surface area contributed by atoms with Crippen LogP contribution in [0.1, 0.15) is 33.6 Å². The highest BCUT2D eigenvalue weighted by Crippen LogP contribution is 2.33. The van der Waals surface area contributed by atoms with E-state index in [-0.39, 0.29) is 6.10 Å². The Morgan fingerprint density at radius 2 is 1.82 bits per heavy atom. The van der Waals surface area contributed by atoms with E-state index in [2.05, 4.69) is 26.8 Å². The van der Waals surface area contributed by atoms with Gasteiger partial charge in [-0.05, 0) is 24.2 Å². The fourth-order valence-electron chi connectivity index (χ4n) is 1.53. The number of aliphatic hydroxyl groups is 1. The van der Waals surface area contributed by atoms with Gasteiger partial charge in [-0.3, -0.25) is 0 Å². The Morgan fingerprint density at radius 1 is 1.18 bits per heavy atom. The topological polar surface area (TPSA) is 20.2 Å². The van der Waals surface area contributed by atoms with E-state index in [1.807, 2.05) is 6.08 Å². The fraction of sp³-hybridized carbons (Fsp3) is 0.800. The van der Waals surface area contributed by atoms with Crippen molar-refractivity contribution in [1.82, 2.24) is 0 Å². The minimum Gasteiger partial charge on any atom is -0.389 e. The fourth-order valence-corrected chi connectivity index (χ4v) is 1.53. The molecule has 0 spiro atoms. The second-order valence-corrected chi connectivity index (χ2v) is 4.50. The van der Waals surface area contributed by atoms with E-state index in [0.29, 0.717) is 11.3 Å². The van der Waals surface area contributed by atoms with Crippen molar-refractivity contribution >= 4 is 0 Å². The molecule has 0 bridgehead atoms. The summed E-state index contributed by atoms with van der Waals surface area (Å²) in [6.45, 7) is 6.75. The zero-order valence-corrected chi connectivity index (χ0v) is 7.67. The van der Waals surface area contributed by atoms with Crippen molar-refractivity contribution < 1.29 is 5.11 Å². The summed E-state index contributed by atoms with van der Waals surface area (Å²) in [7, 11) is 0. The highest BCUT2D eigenvalue weighted by molar-refractivity contribution is 5.01. The molecule has 64 valence electrons. The summed E-state index contributed by atoms with van der Waals surface area (Å²) in [5, 5.41) is 9.21. The van der Waals surface area contributed by atoms with Crippen LogP contribution in [0.2, 0.25) is 0 Å². The molecule has 1 aliphatic rings. The van der Waals surface area contributed by atoms with Crippen molar-refractivity contribution in [2.24, 2.45) is 11.3 Å². The van der Waals surface area contributed by atoms with E-state index in [1.54, 1.807) is 0 Å². The van der Waals surface area contributed by atoms with Gasteiger partial charge in [0.2, 0.25) is 0 Å². The number of aliphatic hydroxyl groups excluding tert-OH is 1. The van der Waals surface area contributed by atoms with Gasteiger partial charge in [-0.25, -0.2) is 0 Å².